The summed E-state index contributed by atoms with van der Waals surface area (Å²) in [5.41, 5.74) is -0.159. The quantitative estimate of drug-likeness (QED) is 0.765. The van der Waals surface area contributed by atoms with Gasteiger partial charge in [0.15, 0.2) is 0 Å². The molecule has 0 spiro atoms. The van der Waals surface area contributed by atoms with Crippen LogP contribution in [0.25, 0.3) is 0 Å². The van der Waals surface area contributed by atoms with Gasteiger partial charge in [-0.2, -0.15) is 13.2 Å². The molecule has 1 aromatic rings. The van der Waals surface area contributed by atoms with Crippen LogP contribution in [0.1, 0.15) is 36.4 Å². The van der Waals surface area contributed by atoms with Crippen LogP contribution in [0.3, 0.4) is 0 Å². The number of likely N-dealkylation sites (N-methyl/N-ethyl adjacent to an activating group) is 1. The molecule has 27 heavy (non-hydrogen) atoms. The van der Waals surface area contributed by atoms with Gasteiger partial charge in [0.25, 0.3) is 0 Å². The van der Waals surface area contributed by atoms with Crippen LogP contribution in [0.15, 0.2) is 29.4 Å². The zero-order valence-electron chi connectivity index (χ0n) is 14.8. The summed E-state index contributed by atoms with van der Waals surface area (Å²) in [6.07, 6.45) is -1.91. The Hall–Kier alpha value is -1.61. The van der Waals surface area contributed by atoms with Gasteiger partial charge in [-0.25, -0.2) is 0 Å². The Kier molecular flexibility index (Phi) is 6.10. The smallest absolute Gasteiger partial charge is 0.391 e. The first-order chi connectivity index (χ1) is 12.8. The lowest BCUT2D eigenvalue weighted by Crippen LogP contribution is -2.45. The zero-order chi connectivity index (χ0) is 19.6. The highest BCUT2D eigenvalue weighted by molar-refractivity contribution is 9.18. The van der Waals surface area contributed by atoms with Crippen LogP contribution in [-0.2, 0) is 15.8 Å². The van der Waals surface area contributed by atoms with Crippen LogP contribution < -0.4 is 5.32 Å². The van der Waals surface area contributed by atoms with Gasteiger partial charge in [-0.15, -0.1) is 0 Å². The number of hydrogen-bond acceptors (Lipinski definition) is 4. The van der Waals surface area contributed by atoms with Crippen LogP contribution in [0, 0.1) is 5.92 Å². The van der Waals surface area contributed by atoms with Gasteiger partial charge >= 0.3 is 6.18 Å². The van der Waals surface area contributed by atoms with Crippen molar-refractivity contribution in [3.8, 4) is 0 Å². The van der Waals surface area contributed by atoms with Crippen molar-refractivity contribution >= 4 is 26.5 Å². The van der Waals surface area contributed by atoms with Gasteiger partial charge in [0.05, 0.1) is 5.56 Å². The van der Waals surface area contributed by atoms with Crippen molar-refractivity contribution < 1.29 is 22.8 Å². The summed E-state index contributed by atoms with van der Waals surface area (Å²) in [4.78, 5) is 19.9. The van der Waals surface area contributed by atoms with Crippen LogP contribution in [0.4, 0.5) is 13.2 Å². The Morgan fingerprint density at radius 1 is 1.30 bits per heavy atom. The third-order valence-corrected chi connectivity index (χ3v) is 5.64. The number of carbonyl (C=O) groups is 1. The van der Waals surface area contributed by atoms with Crippen LogP contribution >= 0.6 is 15.9 Å². The number of benzene rings is 1. The maximum Gasteiger partial charge on any atom is 0.416 e. The van der Waals surface area contributed by atoms with Gasteiger partial charge < -0.3 is 10.2 Å². The van der Waals surface area contributed by atoms with E-state index in [-0.39, 0.29) is 12.0 Å². The minimum absolute atomic E-state index is 0.0473. The number of carbonyl (C=O) groups excluding carboxylic acids is 1. The normalized spacial score (nSPS) is 22.9. The van der Waals surface area contributed by atoms with Crippen LogP contribution in [-0.4, -0.2) is 41.7 Å². The summed E-state index contributed by atoms with van der Waals surface area (Å²) in [5, 5.41) is 6.55. The van der Waals surface area contributed by atoms with Crippen molar-refractivity contribution in [1.29, 1.82) is 0 Å². The van der Waals surface area contributed by atoms with E-state index in [9.17, 15) is 18.0 Å². The number of rotatable bonds is 4. The van der Waals surface area contributed by atoms with Gasteiger partial charge in [-0.3, -0.25) is 9.69 Å². The lowest BCUT2D eigenvalue weighted by molar-refractivity contribution is -0.137. The van der Waals surface area contributed by atoms with Crippen molar-refractivity contribution in [2.75, 3.05) is 20.1 Å². The molecule has 2 aliphatic rings. The number of hydrogen-bond donors (Lipinski definition) is 1. The molecule has 0 unspecified atom stereocenters. The number of nitrogens with zero attached hydrogens (tertiary/aromatic N) is 2. The van der Waals surface area contributed by atoms with Gasteiger partial charge in [0, 0.05) is 19.4 Å². The average molecular weight is 448 g/mol. The molecule has 2 atom stereocenters. The minimum Gasteiger partial charge on any atom is -0.391 e. The largest absolute Gasteiger partial charge is 0.416 e. The van der Waals surface area contributed by atoms with Crippen LogP contribution in [0.2, 0.25) is 0 Å². The lowest BCUT2D eigenvalue weighted by Gasteiger charge is -2.38. The molecular weight excluding hydrogens is 427 g/mol. The number of oxime groups is 1. The topological polar surface area (TPSA) is 53.9 Å². The molecule has 1 saturated heterocycles. The number of piperidine rings is 1. The highest BCUT2D eigenvalue weighted by Crippen LogP contribution is 2.34. The Morgan fingerprint density at radius 3 is 2.41 bits per heavy atom. The zero-order valence-corrected chi connectivity index (χ0v) is 16.4. The molecule has 1 fully saturated rings. The second-order valence-corrected chi connectivity index (χ2v) is 7.74. The van der Waals surface area contributed by atoms with Gasteiger partial charge in [0.2, 0.25) is 5.91 Å². The fourth-order valence-corrected chi connectivity index (χ4v) is 4.09. The Bertz CT molecular complexity index is 701. The fraction of sp³-hybridized carbons (Fsp3) is 0.556. The standard InChI is InChI=1S/C18H21BrF3N3O2/c1-23-17(26)16(12-2-4-13(5-3-12)18(20,21)22)25-8-6-11(7-9-25)14-10-15(19)24-27-14/h2-5,11,14,16H,6-10H2,1H3,(H,23,26)/t14-,16+/m1/s1. The van der Waals surface area contributed by atoms with Gasteiger partial charge in [-0.05, 0) is 59.6 Å². The van der Waals surface area contributed by atoms with E-state index in [1.807, 2.05) is 4.90 Å². The molecule has 9 heteroatoms. The van der Waals surface area contributed by atoms with Crippen molar-refractivity contribution in [2.45, 2.75) is 37.6 Å². The Balaban J connectivity index is 1.70. The fourth-order valence-electron chi connectivity index (χ4n) is 3.69. The molecule has 0 radical (unpaired) electrons. The van der Waals surface area contributed by atoms with Gasteiger partial charge in [-0.1, -0.05) is 17.3 Å². The maximum absolute atomic E-state index is 12.8. The molecule has 3 rings (SSSR count). The Labute approximate surface area is 164 Å². The van der Waals surface area contributed by atoms with E-state index in [1.54, 1.807) is 0 Å². The number of halogens is 4. The van der Waals surface area contributed by atoms with E-state index in [1.165, 1.54) is 19.2 Å². The van der Waals surface area contributed by atoms with E-state index in [2.05, 4.69) is 26.4 Å². The summed E-state index contributed by atoms with van der Waals surface area (Å²) in [5.74, 6) is 0.120. The monoisotopic (exact) mass is 447 g/mol. The summed E-state index contributed by atoms with van der Waals surface area (Å²) in [6, 6.07) is 4.23. The predicted molar refractivity (Wildman–Crippen MR) is 98.4 cm³/mol. The van der Waals surface area contributed by atoms with E-state index >= 15 is 0 Å². The first-order valence-corrected chi connectivity index (χ1v) is 9.60. The van der Waals surface area contributed by atoms with Crippen molar-refractivity contribution in [2.24, 2.45) is 11.1 Å². The molecule has 5 nitrogen and oxygen atoms in total. The second-order valence-electron chi connectivity index (χ2n) is 6.83. The molecule has 0 aromatic heterocycles. The highest BCUT2D eigenvalue weighted by Gasteiger charge is 2.36. The molecule has 0 bridgehead atoms. The third kappa shape index (κ3) is 4.63. The average Bonchev–Trinajstić information content (AvgIpc) is 3.08. The molecule has 1 aromatic carbocycles. The molecule has 1 N–H and O–H groups in total. The molecule has 148 valence electrons. The number of alkyl halides is 3. The predicted octanol–water partition coefficient (Wildman–Crippen LogP) is 3.70. The summed E-state index contributed by atoms with van der Waals surface area (Å²) in [6.45, 7) is 1.34. The summed E-state index contributed by atoms with van der Waals surface area (Å²) < 4.78 is 39.2. The summed E-state index contributed by atoms with van der Waals surface area (Å²) in [7, 11) is 1.54. The first-order valence-electron chi connectivity index (χ1n) is 8.80. The molecular formula is C18H21BrF3N3O2. The molecule has 2 heterocycles. The second kappa shape index (κ2) is 8.18. The van der Waals surface area contributed by atoms with Crippen LogP contribution in [0.5, 0.6) is 0 Å². The molecule has 1 amide bonds. The number of amides is 1. The van der Waals surface area contributed by atoms with Crippen molar-refractivity contribution in [1.82, 2.24) is 10.2 Å². The SMILES string of the molecule is CNC(=O)[C@H](c1ccc(C(F)(F)F)cc1)N1CCC([C@H]2CC(Br)=NO2)CC1. The minimum atomic E-state index is -4.39. The number of likely N-dealkylation sites (tertiary alicyclic amines) is 1. The Morgan fingerprint density at radius 2 is 1.93 bits per heavy atom. The molecule has 0 aliphatic carbocycles. The third-order valence-electron chi connectivity index (χ3n) is 5.17. The van der Waals surface area contributed by atoms with E-state index in [0.717, 1.165) is 36.0 Å². The molecule has 2 aliphatic heterocycles. The van der Waals surface area contributed by atoms with E-state index < -0.39 is 17.8 Å². The van der Waals surface area contributed by atoms with Crippen molar-refractivity contribution in [3.63, 3.8) is 0 Å². The first kappa shape index (κ1) is 20.1. The van der Waals surface area contributed by atoms with Crippen molar-refractivity contribution in [3.05, 3.63) is 35.4 Å². The number of nitrogens with one attached hydrogen (secondary N) is 1. The van der Waals surface area contributed by atoms with E-state index in [0.29, 0.717) is 24.6 Å². The summed E-state index contributed by atoms with van der Waals surface area (Å²) >= 11 is 3.34. The maximum atomic E-state index is 12.8. The molecule has 0 saturated carbocycles. The van der Waals surface area contributed by atoms with E-state index in [4.69, 9.17) is 4.84 Å². The highest BCUT2D eigenvalue weighted by atomic mass is 79.9. The van der Waals surface area contributed by atoms with Gasteiger partial charge in [0.1, 0.15) is 16.8 Å². The lowest BCUT2D eigenvalue weighted by atomic mass is 9.88.